The van der Waals surface area contributed by atoms with Gasteiger partial charge in [0.2, 0.25) is 4.33 Å². The van der Waals surface area contributed by atoms with Crippen LogP contribution < -0.4 is 5.01 Å². The number of rotatable bonds is 3. The molecule has 2 heterocycles. The fraction of sp³-hybridized carbons (Fsp3) is 0.353. The van der Waals surface area contributed by atoms with E-state index >= 15 is 0 Å². The lowest BCUT2D eigenvalue weighted by atomic mass is 10.2. The SMILES string of the molecule is COC(=O)C1=C(C)N(C)[C@]2(SC(C(C)=O)=NN2c2cccc(C)c2)S1. The molecule has 0 radical (unpaired) electrons. The van der Waals surface area contributed by atoms with Crippen molar-refractivity contribution < 1.29 is 14.3 Å². The number of methoxy groups -OCH3 is 1. The molecule has 1 spiro atoms. The average Bonchev–Trinajstić information content (AvgIpc) is 3.09. The Balaban J connectivity index is 2.08. The molecule has 0 saturated heterocycles. The van der Waals surface area contributed by atoms with Gasteiger partial charge in [-0.25, -0.2) is 9.80 Å². The highest BCUT2D eigenvalue weighted by molar-refractivity contribution is 8.28. The van der Waals surface area contributed by atoms with Gasteiger partial charge in [0, 0.05) is 19.7 Å². The van der Waals surface area contributed by atoms with E-state index in [2.05, 4.69) is 5.10 Å². The van der Waals surface area contributed by atoms with E-state index in [-0.39, 0.29) is 11.8 Å². The summed E-state index contributed by atoms with van der Waals surface area (Å²) in [7, 11) is 3.26. The summed E-state index contributed by atoms with van der Waals surface area (Å²) in [6.45, 7) is 5.37. The van der Waals surface area contributed by atoms with Crippen molar-refractivity contribution in [3.05, 3.63) is 40.4 Å². The van der Waals surface area contributed by atoms with Crippen molar-refractivity contribution in [1.29, 1.82) is 0 Å². The molecule has 3 rings (SSSR count). The minimum atomic E-state index is -0.762. The fourth-order valence-corrected chi connectivity index (χ4v) is 5.56. The lowest BCUT2D eigenvalue weighted by Gasteiger charge is -2.39. The third kappa shape index (κ3) is 2.83. The van der Waals surface area contributed by atoms with Crippen molar-refractivity contribution in [2.45, 2.75) is 25.1 Å². The lowest BCUT2D eigenvalue weighted by molar-refractivity contribution is -0.135. The Labute approximate surface area is 155 Å². The molecule has 0 amide bonds. The van der Waals surface area contributed by atoms with E-state index in [4.69, 9.17) is 4.74 Å². The van der Waals surface area contributed by atoms with Gasteiger partial charge in [-0.05, 0) is 43.3 Å². The highest BCUT2D eigenvalue weighted by Crippen LogP contribution is 2.58. The number of hydrogen-bond acceptors (Lipinski definition) is 8. The number of ether oxygens (including phenoxy) is 1. The molecule has 1 aromatic rings. The summed E-state index contributed by atoms with van der Waals surface area (Å²) in [6.07, 6.45) is 0. The van der Waals surface area contributed by atoms with Gasteiger partial charge in [-0.3, -0.25) is 4.79 Å². The van der Waals surface area contributed by atoms with Gasteiger partial charge in [0.05, 0.1) is 12.8 Å². The number of hydrogen-bond donors (Lipinski definition) is 0. The first-order chi connectivity index (χ1) is 11.8. The Morgan fingerprint density at radius 1 is 1.24 bits per heavy atom. The minimum absolute atomic E-state index is 0.0994. The number of Topliss-reactive ketones (excluding diaryl/α,β-unsaturated/α-hetero) is 1. The molecule has 8 heteroatoms. The first kappa shape index (κ1) is 17.9. The molecule has 132 valence electrons. The number of allylic oxidation sites excluding steroid dienone is 1. The Morgan fingerprint density at radius 2 is 1.96 bits per heavy atom. The summed E-state index contributed by atoms with van der Waals surface area (Å²) in [5.41, 5.74) is 2.75. The number of hydrazone groups is 1. The molecule has 0 aromatic heterocycles. The van der Waals surface area contributed by atoms with Crippen LogP contribution in [0.3, 0.4) is 0 Å². The third-order valence-electron chi connectivity index (χ3n) is 4.10. The number of carbonyl (C=O) groups excluding carboxylic acids is 2. The van der Waals surface area contributed by atoms with E-state index < -0.39 is 4.33 Å². The van der Waals surface area contributed by atoms with Gasteiger partial charge < -0.3 is 9.64 Å². The van der Waals surface area contributed by atoms with Crippen molar-refractivity contribution in [2.75, 3.05) is 19.2 Å². The van der Waals surface area contributed by atoms with Gasteiger partial charge in [-0.15, -0.1) is 0 Å². The lowest BCUT2D eigenvalue weighted by Crippen LogP contribution is -2.47. The summed E-state index contributed by atoms with van der Waals surface area (Å²) in [5.74, 6) is -0.481. The van der Waals surface area contributed by atoms with Crippen LogP contribution in [0.25, 0.3) is 0 Å². The van der Waals surface area contributed by atoms with Crippen molar-refractivity contribution >= 4 is 46.0 Å². The molecule has 0 unspecified atom stereocenters. The van der Waals surface area contributed by atoms with Gasteiger partial charge in [-0.1, -0.05) is 23.9 Å². The summed E-state index contributed by atoms with van der Waals surface area (Å²) in [5, 5.41) is 6.79. The minimum Gasteiger partial charge on any atom is -0.465 e. The zero-order chi connectivity index (χ0) is 18.4. The largest absolute Gasteiger partial charge is 0.465 e. The molecule has 1 aromatic carbocycles. The van der Waals surface area contributed by atoms with Crippen LogP contribution in [0.1, 0.15) is 19.4 Å². The number of nitrogens with zero attached hydrogens (tertiary/aromatic N) is 3. The molecule has 0 N–H and O–H groups in total. The number of aryl methyl sites for hydroxylation is 1. The molecule has 1 atom stereocenters. The topological polar surface area (TPSA) is 62.2 Å². The van der Waals surface area contributed by atoms with Crippen molar-refractivity contribution in [3.63, 3.8) is 0 Å². The number of ketones is 1. The molecule has 0 bridgehead atoms. The number of benzene rings is 1. The van der Waals surface area contributed by atoms with Gasteiger partial charge in [0.25, 0.3) is 0 Å². The predicted molar refractivity (Wildman–Crippen MR) is 102 cm³/mol. The van der Waals surface area contributed by atoms with Crippen LogP contribution in [0.15, 0.2) is 40.0 Å². The highest BCUT2D eigenvalue weighted by atomic mass is 32.2. The predicted octanol–water partition coefficient (Wildman–Crippen LogP) is 3.15. The van der Waals surface area contributed by atoms with Crippen LogP contribution in [0.2, 0.25) is 0 Å². The standard InChI is InChI=1S/C17H19N3O3S2/c1-10-7-6-8-13(9-10)20-17(25-15(18-20)12(3)21)19(4)11(2)14(24-17)16(22)23-5/h6-9H,1-5H3/t17-/m1/s1. The molecule has 0 fully saturated rings. The first-order valence-corrected chi connectivity index (χ1v) is 9.31. The van der Waals surface area contributed by atoms with Crippen molar-refractivity contribution in [2.24, 2.45) is 5.10 Å². The zero-order valence-corrected chi connectivity index (χ0v) is 16.3. The molecule has 2 aliphatic heterocycles. The van der Waals surface area contributed by atoms with Crippen LogP contribution >= 0.6 is 23.5 Å². The molecule has 0 aliphatic carbocycles. The van der Waals surface area contributed by atoms with Gasteiger partial charge >= 0.3 is 5.97 Å². The smallest absolute Gasteiger partial charge is 0.346 e. The van der Waals surface area contributed by atoms with E-state index in [1.54, 1.807) is 0 Å². The number of anilines is 1. The summed E-state index contributed by atoms with van der Waals surface area (Å²) >= 11 is 2.70. The number of esters is 1. The summed E-state index contributed by atoms with van der Waals surface area (Å²) in [6, 6.07) is 7.91. The summed E-state index contributed by atoms with van der Waals surface area (Å²) < 4.78 is 4.15. The second-order valence-electron chi connectivity index (χ2n) is 5.83. The number of thioether (sulfide) groups is 2. The monoisotopic (exact) mass is 377 g/mol. The molecule has 6 nitrogen and oxygen atoms in total. The van der Waals surface area contributed by atoms with Crippen LogP contribution in [0, 0.1) is 6.92 Å². The van der Waals surface area contributed by atoms with E-state index in [0.717, 1.165) is 16.9 Å². The van der Waals surface area contributed by atoms with E-state index in [9.17, 15) is 9.59 Å². The number of carbonyl (C=O) groups is 2. The van der Waals surface area contributed by atoms with Crippen LogP contribution in [0.4, 0.5) is 5.69 Å². The Kier molecular flexibility index (Phi) is 4.59. The van der Waals surface area contributed by atoms with E-state index in [1.807, 2.05) is 55.1 Å². The first-order valence-electron chi connectivity index (χ1n) is 7.67. The Hall–Kier alpha value is -1.93. The van der Waals surface area contributed by atoms with Crippen molar-refractivity contribution in [3.8, 4) is 0 Å². The molecule has 2 aliphatic rings. The summed E-state index contributed by atoms with van der Waals surface area (Å²) in [4.78, 5) is 26.6. The van der Waals surface area contributed by atoms with Gasteiger partial charge in [-0.2, -0.15) is 5.10 Å². The second kappa shape index (κ2) is 6.42. The molecule has 0 saturated carbocycles. The van der Waals surface area contributed by atoms with Gasteiger partial charge in [0.1, 0.15) is 4.91 Å². The van der Waals surface area contributed by atoms with E-state index in [1.165, 1.54) is 37.6 Å². The maximum Gasteiger partial charge on any atom is 0.346 e. The molecular weight excluding hydrogens is 358 g/mol. The van der Waals surface area contributed by atoms with Gasteiger partial charge in [0.15, 0.2) is 10.8 Å². The van der Waals surface area contributed by atoms with E-state index in [0.29, 0.717) is 9.95 Å². The average molecular weight is 377 g/mol. The molecule has 25 heavy (non-hydrogen) atoms. The highest BCUT2D eigenvalue weighted by Gasteiger charge is 2.55. The second-order valence-corrected chi connectivity index (χ2v) is 8.43. The maximum atomic E-state index is 12.2. The van der Waals surface area contributed by atoms with Crippen molar-refractivity contribution in [1.82, 2.24) is 4.90 Å². The Bertz CT molecular complexity index is 821. The fourth-order valence-electron chi connectivity index (χ4n) is 2.66. The Morgan fingerprint density at radius 3 is 2.56 bits per heavy atom. The van der Waals surface area contributed by atoms with Crippen LogP contribution in [-0.2, 0) is 14.3 Å². The normalized spacial score (nSPS) is 22.7. The van der Waals surface area contributed by atoms with Crippen LogP contribution in [0.5, 0.6) is 0 Å². The molecular formula is C17H19N3O3S2. The maximum absolute atomic E-state index is 12.2. The van der Waals surface area contributed by atoms with Crippen LogP contribution in [-0.4, -0.2) is 40.2 Å². The quantitative estimate of drug-likeness (QED) is 0.750. The zero-order valence-electron chi connectivity index (χ0n) is 14.7. The third-order valence-corrected chi connectivity index (χ3v) is 7.25.